The molecule has 0 amide bonds. The quantitative estimate of drug-likeness (QED) is 0.878. The van der Waals surface area contributed by atoms with Gasteiger partial charge in [-0.2, -0.15) is 0 Å². The van der Waals surface area contributed by atoms with Crippen molar-refractivity contribution >= 4 is 5.97 Å². The van der Waals surface area contributed by atoms with E-state index < -0.39 is 5.97 Å². The zero-order chi connectivity index (χ0) is 13.1. The molecule has 5 heteroatoms. The molecule has 0 radical (unpaired) electrons. The van der Waals surface area contributed by atoms with E-state index in [1.165, 1.54) is 6.07 Å². The van der Waals surface area contributed by atoms with Crippen LogP contribution in [0.5, 0.6) is 0 Å². The van der Waals surface area contributed by atoms with Gasteiger partial charge in [-0.05, 0) is 26.0 Å². The van der Waals surface area contributed by atoms with Crippen molar-refractivity contribution in [1.82, 2.24) is 9.88 Å². The van der Waals surface area contributed by atoms with Crippen LogP contribution in [0.2, 0.25) is 0 Å². The van der Waals surface area contributed by atoms with Gasteiger partial charge in [0.05, 0.1) is 17.9 Å². The molecule has 1 aromatic heterocycles. The standard InChI is InChI=1S/C13H18N2O3/c1-9-6-15(7-10(2)18-9)8-11-4-3-5-12(14-11)13(16)17/h3-5,9-10H,6-8H2,1-2H3,(H,16,17). The van der Waals surface area contributed by atoms with Crippen LogP contribution in [0.1, 0.15) is 30.0 Å². The van der Waals surface area contributed by atoms with Crippen LogP contribution in [-0.4, -0.2) is 46.3 Å². The van der Waals surface area contributed by atoms with Crippen molar-refractivity contribution in [2.24, 2.45) is 0 Å². The first-order valence-electron chi connectivity index (χ1n) is 6.11. The molecule has 2 unspecified atom stereocenters. The highest BCUT2D eigenvalue weighted by Crippen LogP contribution is 2.13. The van der Waals surface area contributed by atoms with Crippen LogP contribution in [0.15, 0.2) is 18.2 Å². The number of hydrogen-bond acceptors (Lipinski definition) is 4. The topological polar surface area (TPSA) is 62.7 Å². The Labute approximate surface area is 106 Å². The SMILES string of the molecule is CC1CN(Cc2cccc(C(=O)O)n2)CC(C)O1. The lowest BCUT2D eigenvalue weighted by Crippen LogP contribution is -2.44. The Morgan fingerprint density at radius 3 is 2.72 bits per heavy atom. The number of carboxylic acids is 1. The smallest absolute Gasteiger partial charge is 0.354 e. The van der Waals surface area contributed by atoms with Crippen molar-refractivity contribution in [1.29, 1.82) is 0 Å². The van der Waals surface area contributed by atoms with Crippen LogP contribution in [-0.2, 0) is 11.3 Å². The lowest BCUT2D eigenvalue weighted by molar-refractivity contribution is -0.0707. The molecule has 0 aliphatic carbocycles. The zero-order valence-electron chi connectivity index (χ0n) is 10.7. The maximum atomic E-state index is 10.9. The largest absolute Gasteiger partial charge is 0.477 e. The highest BCUT2D eigenvalue weighted by Gasteiger charge is 2.22. The summed E-state index contributed by atoms with van der Waals surface area (Å²) in [6, 6.07) is 5.10. The van der Waals surface area contributed by atoms with Gasteiger partial charge in [-0.3, -0.25) is 4.90 Å². The van der Waals surface area contributed by atoms with E-state index in [-0.39, 0.29) is 17.9 Å². The highest BCUT2D eigenvalue weighted by atomic mass is 16.5. The molecule has 2 rings (SSSR count). The predicted molar refractivity (Wildman–Crippen MR) is 66.5 cm³/mol. The highest BCUT2D eigenvalue weighted by molar-refractivity contribution is 5.85. The molecule has 0 aromatic carbocycles. The van der Waals surface area contributed by atoms with Gasteiger partial charge in [0.25, 0.3) is 0 Å². The number of nitrogens with zero attached hydrogens (tertiary/aromatic N) is 2. The number of aromatic nitrogens is 1. The minimum Gasteiger partial charge on any atom is -0.477 e. The van der Waals surface area contributed by atoms with E-state index in [0.717, 1.165) is 18.8 Å². The van der Waals surface area contributed by atoms with Gasteiger partial charge >= 0.3 is 5.97 Å². The van der Waals surface area contributed by atoms with Gasteiger partial charge in [0.1, 0.15) is 5.69 Å². The number of pyridine rings is 1. The fourth-order valence-electron chi connectivity index (χ4n) is 2.33. The third kappa shape index (κ3) is 3.27. The lowest BCUT2D eigenvalue weighted by Gasteiger charge is -2.35. The predicted octanol–water partition coefficient (Wildman–Crippen LogP) is 1.39. The average molecular weight is 250 g/mol. The summed E-state index contributed by atoms with van der Waals surface area (Å²) in [5.74, 6) is -0.986. The summed E-state index contributed by atoms with van der Waals surface area (Å²) in [4.78, 5) is 17.2. The third-order valence-corrected chi connectivity index (χ3v) is 2.91. The maximum Gasteiger partial charge on any atom is 0.354 e. The second-order valence-corrected chi connectivity index (χ2v) is 4.77. The molecule has 0 bridgehead atoms. The lowest BCUT2D eigenvalue weighted by atomic mass is 10.2. The van der Waals surface area contributed by atoms with E-state index in [4.69, 9.17) is 9.84 Å². The molecule has 1 aromatic rings. The van der Waals surface area contributed by atoms with E-state index >= 15 is 0 Å². The molecule has 98 valence electrons. The number of carbonyl (C=O) groups is 1. The number of carboxylic acid groups (broad SMARTS) is 1. The normalized spacial score (nSPS) is 25.0. The molecule has 5 nitrogen and oxygen atoms in total. The number of morpholine rings is 1. The first-order valence-corrected chi connectivity index (χ1v) is 6.11. The first-order chi connectivity index (χ1) is 8.54. The molecule has 1 fully saturated rings. The van der Waals surface area contributed by atoms with Gasteiger partial charge in [-0.25, -0.2) is 9.78 Å². The van der Waals surface area contributed by atoms with Crippen LogP contribution < -0.4 is 0 Å². The van der Waals surface area contributed by atoms with E-state index in [9.17, 15) is 4.79 Å². The van der Waals surface area contributed by atoms with Crippen LogP contribution in [0, 0.1) is 0 Å². The number of rotatable bonds is 3. The third-order valence-electron chi connectivity index (χ3n) is 2.91. The molecule has 2 heterocycles. The van der Waals surface area contributed by atoms with Crippen molar-refractivity contribution in [2.45, 2.75) is 32.6 Å². The van der Waals surface area contributed by atoms with Crippen LogP contribution >= 0.6 is 0 Å². The van der Waals surface area contributed by atoms with Gasteiger partial charge in [-0.15, -0.1) is 0 Å². The van der Waals surface area contributed by atoms with Crippen molar-refractivity contribution in [3.63, 3.8) is 0 Å². The van der Waals surface area contributed by atoms with Crippen molar-refractivity contribution < 1.29 is 14.6 Å². The Balaban J connectivity index is 2.04. The molecule has 18 heavy (non-hydrogen) atoms. The summed E-state index contributed by atoms with van der Waals surface area (Å²) in [6.45, 7) is 6.46. The van der Waals surface area contributed by atoms with Crippen molar-refractivity contribution in [3.05, 3.63) is 29.6 Å². The van der Waals surface area contributed by atoms with Gasteiger partial charge in [0.2, 0.25) is 0 Å². The Morgan fingerprint density at radius 2 is 2.11 bits per heavy atom. The second-order valence-electron chi connectivity index (χ2n) is 4.77. The molecule has 0 spiro atoms. The number of ether oxygens (including phenoxy) is 1. The van der Waals surface area contributed by atoms with Gasteiger partial charge in [0.15, 0.2) is 0 Å². The van der Waals surface area contributed by atoms with Crippen LogP contribution in [0.25, 0.3) is 0 Å². The van der Waals surface area contributed by atoms with E-state index in [2.05, 4.69) is 9.88 Å². The van der Waals surface area contributed by atoms with E-state index in [1.54, 1.807) is 6.07 Å². The molecular formula is C13H18N2O3. The monoisotopic (exact) mass is 250 g/mol. The fourth-order valence-corrected chi connectivity index (χ4v) is 2.33. The van der Waals surface area contributed by atoms with Crippen LogP contribution in [0.4, 0.5) is 0 Å². The Bertz CT molecular complexity index is 426. The van der Waals surface area contributed by atoms with E-state index in [0.29, 0.717) is 6.54 Å². The van der Waals surface area contributed by atoms with Gasteiger partial charge in [0, 0.05) is 19.6 Å². The summed E-state index contributed by atoms with van der Waals surface area (Å²) in [7, 11) is 0. The molecular weight excluding hydrogens is 232 g/mol. The minimum absolute atomic E-state index is 0.0989. The van der Waals surface area contributed by atoms with Crippen molar-refractivity contribution in [3.8, 4) is 0 Å². The van der Waals surface area contributed by atoms with Crippen molar-refractivity contribution in [2.75, 3.05) is 13.1 Å². The van der Waals surface area contributed by atoms with Gasteiger partial charge < -0.3 is 9.84 Å². The average Bonchev–Trinajstić information content (AvgIpc) is 2.27. The zero-order valence-corrected chi connectivity index (χ0v) is 10.7. The molecule has 1 aliphatic rings. The van der Waals surface area contributed by atoms with Gasteiger partial charge in [-0.1, -0.05) is 6.07 Å². The molecule has 1 N–H and O–H groups in total. The summed E-state index contributed by atoms with van der Waals surface area (Å²) >= 11 is 0. The molecule has 1 saturated heterocycles. The number of hydrogen-bond donors (Lipinski definition) is 1. The molecule has 2 atom stereocenters. The molecule has 0 saturated carbocycles. The maximum absolute atomic E-state index is 10.9. The first kappa shape index (κ1) is 13.0. The minimum atomic E-state index is -0.986. The summed E-state index contributed by atoms with van der Waals surface area (Å²) < 4.78 is 5.66. The Kier molecular flexibility index (Phi) is 3.93. The summed E-state index contributed by atoms with van der Waals surface area (Å²) in [6.07, 6.45) is 0.410. The van der Waals surface area contributed by atoms with Crippen LogP contribution in [0.3, 0.4) is 0 Å². The summed E-state index contributed by atoms with van der Waals surface area (Å²) in [5, 5.41) is 8.90. The van der Waals surface area contributed by atoms with E-state index in [1.807, 2.05) is 19.9 Å². The fraction of sp³-hybridized carbons (Fsp3) is 0.538. The second kappa shape index (κ2) is 5.46. The Hall–Kier alpha value is -1.46. The number of aromatic carboxylic acids is 1. The Morgan fingerprint density at radius 1 is 1.44 bits per heavy atom. The molecule has 1 aliphatic heterocycles. The summed E-state index contributed by atoms with van der Waals surface area (Å²) in [5.41, 5.74) is 0.887.